The molecule has 0 fully saturated rings. The molecule has 0 saturated carbocycles. The van der Waals surface area contributed by atoms with Crippen LogP contribution < -0.4 is 4.74 Å². The fraction of sp³-hybridized carbons (Fsp3) is 0.389. The van der Waals surface area contributed by atoms with Gasteiger partial charge in [-0.05, 0) is 38.0 Å². The standard InChI is InChI=1S/C18H21ClN2O6S/c1-6-21-18(27-9-14(22)26-4)13(8-20-21)16(23)12-7-10(2)17(28(5,24)25)11(3)15(12)19/h7-8H,6,9H2,1-5H3. The number of hydrogen-bond donors (Lipinski definition) is 0. The molecular formula is C18H21ClN2O6S. The molecule has 0 aliphatic heterocycles. The van der Waals surface area contributed by atoms with Crippen molar-refractivity contribution >= 4 is 33.2 Å². The molecule has 1 aromatic carbocycles. The van der Waals surface area contributed by atoms with E-state index in [1.807, 2.05) is 0 Å². The van der Waals surface area contributed by atoms with Gasteiger partial charge in [0.1, 0.15) is 5.56 Å². The SMILES string of the molecule is CCn1ncc(C(=O)c2cc(C)c(S(C)(=O)=O)c(C)c2Cl)c1OCC(=O)OC. The van der Waals surface area contributed by atoms with Gasteiger partial charge in [-0.3, -0.25) is 4.79 Å². The topological polar surface area (TPSA) is 105 Å². The second kappa shape index (κ2) is 8.32. The van der Waals surface area contributed by atoms with Crippen molar-refractivity contribution in [3.63, 3.8) is 0 Å². The number of aryl methyl sites for hydroxylation is 2. The molecule has 8 nitrogen and oxygen atoms in total. The Labute approximate surface area is 168 Å². The summed E-state index contributed by atoms with van der Waals surface area (Å²) in [6.45, 7) is 4.96. The molecule has 0 bridgehead atoms. The third kappa shape index (κ3) is 4.20. The molecule has 0 unspecified atom stereocenters. The number of sulfone groups is 1. The van der Waals surface area contributed by atoms with E-state index in [4.69, 9.17) is 16.3 Å². The Morgan fingerprint density at radius 3 is 2.43 bits per heavy atom. The number of carbonyl (C=O) groups is 2. The predicted octanol–water partition coefficient (Wildman–Crippen LogP) is 2.36. The first-order valence-electron chi connectivity index (χ1n) is 8.32. The van der Waals surface area contributed by atoms with Gasteiger partial charge in [0.25, 0.3) is 0 Å². The van der Waals surface area contributed by atoms with Crippen LogP contribution in [-0.4, -0.2) is 49.9 Å². The van der Waals surface area contributed by atoms with E-state index in [1.165, 1.54) is 24.1 Å². The van der Waals surface area contributed by atoms with E-state index >= 15 is 0 Å². The molecule has 2 rings (SSSR count). The Hall–Kier alpha value is -2.39. The highest BCUT2D eigenvalue weighted by molar-refractivity contribution is 7.90. The number of ether oxygens (including phenoxy) is 2. The third-order valence-corrected chi connectivity index (χ3v) is 5.99. The first kappa shape index (κ1) is 21.9. The van der Waals surface area contributed by atoms with Crippen LogP contribution in [0.2, 0.25) is 5.02 Å². The number of carbonyl (C=O) groups excluding carboxylic acids is 2. The lowest BCUT2D eigenvalue weighted by Crippen LogP contribution is -2.16. The van der Waals surface area contributed by atoms with Gasteiger partial charge in [-0.15, -0.1) is 0 Å². The van der Waals surface area contributed by atoms with Crippen LogP contribution in [0.1, 0.15) is 34.0 Å². The van der Waals surface area contributed by atoms with Crippen LogP contribution >= 0.6 is 11.6 Å². The van der Waals surface area contributed by atoms with Gasteiger partial charge in [0.15, 0.2) is 16.4 Å². The number of ketones is 1. The van der Waals surface area contributed by atoms with Gasteiger partial charge >= 0.3 is 5.97 Å². The van der Waals surface area contributed by atoms with Crippen molar-refractivity contribution in [2.75, 3.05) is 20.0 Å². The molecule has 0 radical (unpaired) electrons. The number of halogens is 1. The fourth-order valence-electron chi connectivity index (χ4n) is 2.92. The van der Waals surface area contributed by atoms with Gasteiger partial charge in [-0.1, -0.05) is 11.6 Å². The van der Waals surface area contributed by atoms with Crippen molar-refractivity contribution in [3.8, 4) is 5.88 Å². The van der Waals surface area contributed by atoms with E-state index in [0.29, 0.717) is 17.7 Å². The van der Waals surface area contributed by atoms with Crippen molar-refractivity contribution < 1.29 is 27.5 Å². The second-order valence-electron chi connectivity index (χ2n) is 6.15. The van der Waals surface area contributed by atoms with Crippen molar-refractivity contribution in [1.82, 2.24) is 9.78 Å². The number of benzene rings is 1. The van der Waals surface area contributed by atoms with E-state index < -0.39 is 21.6 Å². The predicted molar refractivity (Wildman–Crippen MR) is 103 cm³/mol. The minimum atomic E-state index is -3.51. The minimum Gasteiger partial charge on any atom is -0.466 e. The normalized spacial score (nSPS) is 11.4. The van der Waals surface area contributed by atoms with Crippen molar-refractivity contribution in [1.29, 1.82) is 0 Å². The maximum Gasteiger partial charge on any atom is 0.343 e. The monoisotopic (exact) mass is 428 g/mol. The lowest BCUT2D eigenvalue weighted by atomic mass is 10.0. The zero-order valence-electron chi connectivity index (χ0n) is 16.2. The summed E-state index contributed by atoms with van der Waals surface area (Å²) in [6, 6.07) is 1.43. The van der Waals surface area contributed by atoms with Gasteiger partial charge in [0, 0.05) is 18.4 Å². The highest BCUT2D eigenvalue weighted by atomic mass is 35.5. The first-order chi connectivity index (χ1) is 13.0. The molecule has 0 aliphatic carbocycles. The molecule has 28 heavy (non-hydrogen) atoms. The molecule has 10 heteroatoms. The fourth-order valence-corrected chi connectivity index (χ4v) is 4.51. The Balaban J connectivity index is 2.56. The lowest BCUT2D eigenvalue weighted by Gasteiger charge is -2.14. The molecule has 0 saturated heterocycles. The van der Waals surface area contributed by atoms with Gasteiger partial charge in [0.05, 0.1) is 23.2 Å². The number of aromatic nitrogens is 2. The Morgan fingerprint density at radius 2 is 1.89 bits per heavy atom. The molecule has 0 aliphatic rings. The zero-order chi connectivity index (χ0) is 21.2. The number of rotatable bonds is 7. The number of methoxy groups -OCH3 is 1. The Bertz CT molecular complexity index is 1040. The number of hydrogen-bond acceptors (Lipinski definition) is 7. The highest BCUT2D eigenvalue weighted by Crippen LogP contribution is 2.33. The Kier molecular flexibility index (Phi) is 6.51. The molecule has 2 aromatic rings. The summed E-state index contributed by atoms with van der Waals surface area (Å²) < 4.78 is 35.5. The average Bonchev–Trinajstić information content (AvgIpc) is 3.03. The van der Waals surface area contributed by atoms with Crippen LogP contribution in [0.3, 0.4) is 0 Å². The van der Waals surface area contributed by atoms with E-state index in [-0.39, 0.29) is 33.5 Å². The number of esters is 1. The van der Waals surface area contributed by atoms with Gasteiger partial charge in [-0.2, -0.15) is 5.10 Å². The van der Waals surface area contributed by atoms with E-state index in [9.17, 15) is 18.0 Å². The highest BCUT2D eigenvalue weighted by Gasteiger charge is 2.26. The smallest absolute Gasteiger partial charge is 0.343 e. The molecule has 152 valence electrons. The molecule has 0 atom stereocenters. The van der Waals surface area contributed by atoms with Gasteiger partial charge < -0.3 is 9.47 Å². The summed E-state index contributed by atoms with van der Waals surface area (Å²) >= 11 is 6.34. The third-order valence-electron chi connectivity index (χ3n) is 4.13. The summed E-state index contributed by atoms with van der Waals surface area (Å²) in [7, 11) is -2.29. The van der Waals surface area contributed by atoms with Gasteiger partial charge in [0.2, 0.25) is 11.7 Å². The Morgan fingerprint density at radius 1 is 1.25 bits per heavy atom. The van der Waals surface area contributed by atoms with Gasteiger partial charge in [-0.25, -0.2) is 17.9 Å². The first-order valence-corrected chi connectivity index (χ1v) is 10.6. The molecule has 1 heterocycles. The maximum absolute atomic E-state index is 13.1. The lowest BCUT2D eigenvalue weighted by molar-refractivity contribution is -0.143. The van der Waals surface area contributed by atoms with Crippen LogP contribution in [-0.2, 0) is 25.9 Å². The summed E-state index contributed by atoms with van der Waals surface area (Å²) in [4.78, 5) is 24.6. The van der Waals surface area contributed by atoms with Crippen LogP contribution in [0.15, 0.2) is 17.2 Å². The summed E-state index contributed by atoms with van der Waals surface area (Å²) in [5.41, 5.74) is 0.946. The van der Waals surface area contributed by atoms with Crippen molar-refractivity contribution in [3.05, 3.63) is 39.5 Å². The van der Waals surface area contributed by atoms with Crippen LogP contribution in [0, 0.1) is 13.8 Å². The largest absolute Gasteiger partial charge is 0.466 e. The maximum atomic E-state index is 13.1. The molecule has 1 aromatic heterocycles. The summed E-state index contributed by atoms with van der Waals surface area (Å²) in [5, 5.41) is 4.14. The summed E-state index contributed by atoms with van der Waals surface area (Å²) in [6.07, 6.45) is 2.41. The minimum absolute atomic E-state index is 0.0409. The van der Waals surface area contributed by atoms with Crippen LogP contribution in [0.5, 0.6) is 5.88 Å². The molecular weight excluding hydrogens is 408 g/mol. The van der Waals surface area contributed by atoms with E-state index in [1.54, 1.807) is 20.8 Å². The summed E-state index contributed by atoms with van der Waals surface area (Å²) in [5.74, 6) is -0.989. The van der Waals surface area contributed by atoms with E-state index in [2.05, 4.69) is 9.84 Å². The van der Waals surface area contributed by atoms with E-state index in [0.717, 1.165) is 6.26 Å². The average molecular weight is 429 g/mol. The number of nitrogens with zero attached hydrogens (tertiary/aromatic N) is 2. The molecule has 0 spiro atoms. The van der Waals surface area contributed by atoms with Crippen molar-refractivity contribution in [2.45, 2.75) is 32.2 Å². The van der Waals surface area contributed by atoms with Crippen LogP contribution in [0.25, 0.3) is 0 Å². The van der Waals surface area contributed by atoms with Crippen molar-refractivity contribution in [2.24, 2.45) is 0 Å². The molecule has 0 amide bonds. The van der Waals surface area contributed by atoms with Crippen LogP contribution in [0.4, 0.5) is 0 Å². The molecule has 0 N–H and O–H groups in total. The quantitative estimate of drug-likeness (QED) is 0.492. The second-order valence-corrected chi connectivity index (χ2v) is 8.48. The zero-order valence-corrected chi connectivity index (χ0v) is 17.8.